The van der Waals surface area contributed by atoms with Gasteiger partial charge >= 0.3 is 0 Å². The fourth-order valence-electron chi connectivity index (χ4n) is 3.13. The predicted octanol–water partition coefficient (Wildman–Crippen LogP) is 1.65. The molecular formula is C19H35N5O. The number of piperazine rings is 1. The first-order valence-electron chi connectivity index (χ1n) is 9.70. The molecule has 6 nitrogen and oxygen atoms in total. The van der Waals surface area contributed by atoms with E-state index < -0.39 is 0 Å². The molecule has 0 aromatic carbocycles. The van der Waals surface area contributed by atoms with Crippen LogP contribution in [0.25, 0.3) is 0 Å². The highest BCUT2D eigenvalue weighted by Crippen LogP contribution is 2.06. The van der Waals surface area contributed by atoms with Crippen molar-refractivity contribution >= 4 is 5.96 Å². The SMILES string of the molecule is CCNC(=NCC(C)CN1CCN(CC)CC1)NCCc1ccco1. The lowest BCUT2D eigenvalue weighted by molar-refractivity contribution is 0.125. The topological polar surface area (TPSA) is 56.0 Å². The molecule has 1 saturated heterocycles. The summed E-state index contributed by atoms with van der Waals surface area (Å²) in [6, 6.07) is 3.93. The van der Waals surface area contributed by atoms with E-state index in [1.54, 1.807) is 6.26 Å². The van der Waals surface area contributed by atoms with Crippen molar-refractivity contribution in [2.24, 2.45) is 10.9 Å². The minimum Gasteiger partial charge on any atom is -0.469 e. The maximum absolute atomic E-state index is 5.36. The van der Waals surface area contributed by atoms with Gasteiger partial charge in [0.15, 0.2) is 5.96 Å². The smallest absolute Gasteiger partial charge is 0.191 e. The van der Waals surface area contributed by atoms with Crippen LogP contribution < -0.4 is 10.6 Å². The fourth-order valence-corrected chi connectivity index (χ4v) is 3.13. The second kappa shape index (κ2) is 11.2. The number of guanidine groups is 1. The number of likely N-dealkylation sites (N-methyl/N-ethyl adjacent to an activating group) is 1. The molecule has 25 heavy (non-hydrogen) atoms. The van der Waals surface area contributed by atoms with Crippen LogP contribution in [0.1, 0.15) is 26.5 Å². The van der Waals surface area contributed by atoms with Crippen LogP contribution in [0.2, 0.25) is 0 Å². The Labute approximate surface area is 152 Å². The maximum Gasteiger partial charge on any atom is 0.191 e. The van der Waals surface area contributed by atoms with Gasteiger partial charge in [-0.05, 0) is 31.5 Å². The fraction of sp³-hybridized carbons (Fsp3) is 0.737. The Balaban J connectivity index is 1.69. The van der Waals surface area contributed by atoms with Crippen molar-refractivity contribution in [2.75, 3.05) is 58.9 Å². The van der Waals surface area contributed by atoms with Gasteiger partial charge in [0.25, 0.3) is 0 Å². The van der Waals surface area contributed by atoms with E-state index in [2.05, 4.69) is 41.2 Å². The van der Waals surface area contributed by atoms with Gasteiger partial charge in [0.1, 0.15) is 5.76 Å². The van der Waals surface area contributed by atoms with E-state index in [-0.39, 0.29) is 0 Å². The van der Waals surface area contributed by atoms with E-state index in [1.807, 2.05) is 12.1 Å². The van der Waals surface area contributed by atoms with Crippen molar-refractivity contribution in [3.8, 4) is 0 Å². The molecule has 1 unspecified atom stereocenters. The number of rotatable bonds is 9. The van der Waals surface area contributed by atoms with Crippen molar-refractivity contribution in [3.63, 3.8) is 0 Å². The summed E-state index contributed by atoms with van der Waals surface area (Å²) in [5.74, 6) is 2.47. The van der Waals surface area contributed by atoms with Gasteiger partial charge < -0.3 is 24.9 Å². The zero-order valence-electron chi connectivity index (χ0n) is 16.1. The van der Waals surface area contributed by atoms with Crippen LogP contribution in [0, 0.1) is 5.92 Å². The largest absolute Gasteiger partial charge is 0.469 e. The standard InChI is InChI=1S/C19H35N5O/c1-4-20-19(21-9-8-18-7-6-14-25-18)22-15-17(3)16-24-12-10-23(5-2)11-13-24/h6-7,14,17H,4-5,8-13,15-16H2,1-3H3,(H2,20,21,22). The molecule has 2 N–H and O–H groups in total. The first-order chi connectivity index (χ1) is 12.2. The van der Waals surface area contributed by atoms with Crippen molar-refractivity contribution in [3.05, 3.63) is 24.2 Å². The van der Waals surface area contributed by atoms with E-state index in [9.17, 15) is 0 Å². The number of aliphatic imine (C=N–C) groups is 1. The van der Waals surface area contributed by atoms with Crippen LogP contribution in [0.15, 0.2) is 27.8 Å². The predicted molar refractivity (Wildman–Crippen MR) is 104 cm³/mol. The summed E-state index contributed by atoms with van der Waals surface area (Å²) in [6.45, 7) is 16.3. The van der Waals surface area contributed by atoms with Crippen LogP contribution in [-0.4, -0.2) is 74.7 Å². The van der Waals surface area contributed by atoms with Crippen molar-refractivity contribution in [2.45, 2.75) is 27.2 Å². The quantitative estimate of drug-likeness (QED) is 0.524. The first-order valence-corrected chi connectivity index (χ1v) is 9.70. The zero-order chi connectivity index (χ0) is 17.9. The molecule has 1 aromatic heterocycles. The van der Waals surface area contributed by atoms with Gasteiger partial charge in [-0.3, -0.25) is 4.99 Å². The molecule has 1 aliphatic heterocycles. The average molecular weight is 350 g/mol. The lowest BCUT2D eigenvalue weighted by atomic mass is 10.1. The Morgan fingerprint density at radius 1 is 1.20 bits per heavy atom. The van der Waals surface area contributed by atoms with Gasteiger partial charge in [0.2, 0.25) is 0 Å². The molecule has 6 heteroatoms. The molecule has 0 aliphatic carbocycles. The molecule has 1 aliphatic rings. The molecular weight excluding hydrogens is 314 g/mol. The number of hydrogen-bond donors (Lipinski definition) is 2. The molecule has 0 saturated carbocycles. The van der Waals surface area contributed by atoms with E-state index in [4.69, 9.17) is 9.41 Å². The molecule has 1 fully saturated rings. The molecule has 142 valence electrons. The van der Waals surface area contributed by atoms with Gasteiger partial charge in [0, 0.05) is 58.8 Å². The highest BCUT2D eigenvalue weighted by Gasteiger charge is 2.17. The second-order valence-corrected chi connectivity index (χ2v) is 6.82. The van der Waals surface area contributed by atoms with Crippen LogP contribution in [0.4, 0.5) is 0 Å². The van der Waals surface area contributed by atoms with Crippen molar-refractivity contribution < 1.29 is 4.42 Å². The van der Waals surface area contributed by atoms with Gasteiger partial charge in [-0.2, -0.15) is 0 Å². The van der Waals surface area contributed by atoms with Crippen LogP contribution in [-0.2, 0) is 6.42 Å². The average Bonchev–Trinajstić information content (AvgIpc) is 3.14. The lowest BCUT2D eigenvalue weighted by Gasteiger charge is -2.35. The maximum atomic E-state index is 5.36. The van der Waals surface area contributed by atoms with Gasteiger partial charge in [-0.1, -0.05) is 13.8 Å². The number of furan rings is 1. The van der Waals surface area contributed by atoms with Crippen LogP contribution in [0.3, 0.4) is 0 Å². The molecule has 0 spiro atoms. The minimum absolute atomic E-state index is 0.564. The summed E-state index contributed by atoms with van der Waals surface area (Å²) in [7, 11) is 0. The summed E-state index contributed by atoms with van der Waals surface area (Å²) in [4.78, 5) is 9.85. The highest BCUT2D eigenvalue weighted by molar-refractivity contribution is 5.79. The molecule has 2 heterocycles. The molecule has 0 amide bonds. The van der Waals surface area contributed by atoms with E-state index in [1.165, 1.54) is 32.7 Å². The monoisotopic (exact) mass is 349 g/mol. The van der Waals surface area contributed by atoms with Gasteiger partial charge in [-0.15, -0.1) is 0 Å². The summed E-state index contributed by atoms with van der Waals surface area (Å²) < 4.78 is 5.36. The Kier molecular flexibility index (Phi) is 8.83. The summed E-state index contributed by atoms with van der Waals surface area (Å²) in [5.41, 5.74) is 0. The zero-order valence-corrected chi connectivity index (χ0v) is 16.1. The van der Waals surface area contributed by atoms with Crippen molar-refractivity contribution in [1.29, 1.82) is 0 Å². The van der Waals surface area contributed by atoms with Gasteiger partial charge in [-0.25, -0.2) is 0 Å². The van der Waals surface area contributed by atoms with Crippen LogP contribution >= 0.6 is 0 Å². The van der Waals surface area contributed by atoms with Crippen LogP contribution in [0.5, 0.6) is 0 Å². The van der Waals surface area contributed by atoms with Gasteiger partial charge in [0.05, 0.1) is 6.26 Å². The van der Waals surface area contributed by atoms with Crippen molar-refractivity contribution in [1.82, 2.24) is 20.4 Å². The normalized spacial score (nSPS) is 18.3. The molecule has 1 aromatic rings. The summed E-state index contributed by atoms with van der Waals surface area (Å²) in [5, 5.41) is 6.71. The molecule has 0 radical (unpaired) electrons. The first kappa shape index (κ1) is 19.8. The van der Waals surface area contributed by atoms with E-state index in [0.717, 1.165) is 44.3 Å². The Bertz CT molecular complexity index is 480. The molecule has 0 bridgehead atoms. The Hall–Kier alpha value is -1.53. The second-order valence-electron chi connectivity index (χ2n) is 6.82. The van der Waals surface area contributed by atoms with E-state index >= 15 is 0 Å². The lowest BCUT2D eigenvalue weighted by Crippen LogP contribution is -2.47. The molecule has 2 rings (SSSR count). The number of hydrogen-bond acceptors (Lipinski definition) is 4. The highest BCUT2D eigenvalue weighted by atomic mass is 16.3. The third-order valence-corrected chi connectivity index (χ3v) is 4.63. The number of nitrogens with one attached hydrogen (secondary N) is 2. The third kappa shape index (κ3) is 7.48. The Morgan fingerprint density at radius 2 is 1.96 bits per heavy atom. The summed E-state index contributed by atoms with van der Waals surface area (Å²) in [6.07, 6.45) is 2.59. The minimum atomic E-state index is 0.564. The number of nitrogens with zero attached hydrogens (tertiary/aromatic N) is 3. The van der Waals surface area contributed by atoms with E-state index in [0.29, 0.717) is 5.92 Å². The molecule has 1 atom stereocenters. The Morgan fingerprint density at radius 3 is 2.60 bits per heavy atom. The third-order valence-electron chi connectivity index (χ3n) is 4.63. The summed E-state index contributed by atoms with van der Waals surface area (Å²) >= 11 is 0.